The van der Waals surface area contributed by atoms with Crippen LogP contribution in [-0.4, -0.2) is 44.5 Å². The average molecular weight is 359 g/mol. The fourth-order valence-corrected chi connectivity index (χ4v) is 2.44. The Hall–Kier alpha value is -2.60. The van der Waals surface area contributed by atoms with Gasteiger partial charge in [0.2, 0.25) is 5.88 Å². The third-order valence-electron chi connectivity index (χ3n) is 3.85. The summed E-state index contributed by atoms with van der Waals surface area (Å²) >= 11 is 0. The van der Waals surface area contributed by atoms with Crippen LogP contribution in [0, 0.1) is 0 Å². The van der Waals surface area contributed by atoms with E-state index in [1.165, 1.54) is 12.7 Å². The van der Waals surface area contributed by atoms with E-state index in [1.54, 1.807) is 19.4 Å². The standard InChI is InChI=1S/C20H25NO5/c1-4-25-18(20(22)24-3)13-16-7-10-19(21-14-16)26-12-11-15-5-8-17(23-2)9-6-15/h5-10,14,18H,4,11-13H2,1-3H3. The summed E-state index contributed by atoms with van der Waals surface area (Å²) < 4.78 is 21.0. The van der Waals surface area contributed by atoms with E-state index in [0.29, 0.717) is 25.5 Å². The van der Waals surface area contributed by atoms with Gasteiger partial charge >= 0.3 is 5.97 Å². The first-order valence-electron chi connectivity index (χ1n) is 8.56. The number of esters is 1. The van der Waals surface area contributed by atoms with Crippen LogP contribution in [0.15, 0.2) is 42.6 Å². The summed E-state index contributed by atoms with van der Waals surface area (Å²) in [7, 11) is 3.00. The van der Waals surface area contributed by atoms with E-state index in [2.05, 4.69) is 4.98 Å². The number of hydrogen-bond acceptors (Lipinski definition) is 6. The second kappa shape index (κ2) is 10.4. The maximum absolute atomic E-state index is 11.7. The van der Waals surface area contributed by atoms with Crippen LogP contribution < -0.4 is 9.47 Å². The first kappa shape index (κ1) is 19.7. The Balaban J connectivity index is 1.83. The van der Waals surface area contributed by atoms with Crippen LogP contribution in [0.3, 0.4) is 0 Å². The van der Waals surface area contributed by atoms with Crippen LogP contribution >= 0.6 is 0 Å². The van der Waals surface area contributed by atoms with E-state index in [0.717, 1.165) is 17.7 Å². The van der Waals surface area contributed by atoms with Crippen LogP contribution in [0.25, 0.3) is 0 Å². The van der Waals surface area contributed by atoms with Crippen molar-refractivity contribution in [3.63, 3.8) is 0 Å². The highest BCUT2D eigenvalue weighted by Gasteiger charge is 2.19. The van der Waals surface area contributed by atoms with Crippen molar-refractivity contribution in [1.82, 2.24) is 4.98 Å². The second-order valence-corrected chi connectivity index (χ2v) is 5.62. The number of benzene rings is 1. The average Bonchev–Trinajstić information content (AvgIpc) is 2.69. The molecule has 1 aromatic heterocycles. The van der Waals surface area contributed by atoms with Crippen LogP contribution in [0.4, 0.5) is 0 Å². The van der Waals surface area contributed by atoms with Crippen LogP contribution in [-0.2, 0) is 27.1 Å². The Morgan fingerprint density at radius 3 is 2.38 bits per heavy atom. The Labute approximate surface area is 154 Å². The molecule has 1 unspecified atom stereocenters. The number of methoxy groups -OCH3 is 2. The lowest BCUT2D eigenvalue weighted by atomic mass is 10.1. The number of carbonyl (C=O) groups excluding carboxylic acids is 1. The Bertz CT molecular complexity index is 670. The molecule has 0 spiro atoms. The normalized spacial score (nSPS) is 11.7. The van der Waals surface area contributed by atoms with Gasteiger partial charge in [-0.3, -0.25) is 0 Å². The van der Waals surface area contributed by atoms with E-state index in [-0.39, 0.29) is 5.97 Å². The summed E-state index contributed by atoms with van der Waals surface area (Å²) in [5, 5.41) is 0. The fraction of sp³-hybridized carbons (Fsp3) is 0.400. The second-order valence-electron chi connectivity index (χ2n) is 5.62. The molecular formula is C20H25NO5. The molecule has 0 saturated carbocycles. The minimum absolute atomic E-state index is 0.383. The van der Waals surface area contributed by atoms with E-state index >= 15 is 0 Å². The summed E-state index contributed by atoms with van der Waals surface area (Å²) in [6, 6.07) is 11.6. The van der Waals surface area contributed by atoms with E-state index in [9.17, 15) is 4.79 Å². The third kappa shape index (κ3) is 6.04. The number of carbonyl (C=O) groups is 1. The molecule has 1 atom stereocenters. The maximum Gasteiger partial charge on any atom is 0.335 e. The lowest BCUT2D eigenvalue weighted by Crippen LogP contribution is -2.28. The van der Waals surface area contributed by atoms with E-state index in [4.69, 9.17) is 18.9 Å². The van der Waals surface area contributed by atoms with Crippen LogP contribution in [0.5, 0.6) is 11.6 Å². The zero-order valence-electron chi connectivity index (χ0n) is 15.4. The van der Waals surface area contributed by atoms with Gasteiger partial charge in [-0.25, -0.2) is 9.78 Å². The maximum atomic E-state index is 11.7. The monoisotopic (exact) mass is 359 g/mol. The quantitative estimate of drug-likeness (QED) is 0.608. The fourth-order valence-electron chi connectivity index (χ4n) is 2.44. The van der Waals surface area contributed by atoms with Crippen molar-refractivity contribution in [3.05, 3.63) is 53.7 Å². The van der Waals surface area contributed by atoms with Crippen molar-refractivity contribution < 1.29 is 23.7 Å². The predicted molar refractivity (Wildman–Crippen MR) is 97.6 cm³/mol. The Kier molecular flexibility index (Phi) is 7.89. The molecule has 2 rings (SSSR count). The zero-order chi connectivity index (χ0) is 18.8. The van der Waals surface area contributed by atoms with Crippen molar-refractivity contribution in [2.75, 3.05) is 27.4 Å². The Morgan fingerprint density at radius 2 is 1.81 bits per heavy atom. The van der Waals surface area contributed by atoms with Crippen LogP contribution in [0.1, 0.15) is 18.1 Å². The number of pyridine rings is 1. The molecule has 26 heavy (non-hydrogen) atoms. The molecular weight excluding hydrogens is 334 g/mol. The Morgan fingerprint density at radius 1 is 1.08 bits per heavy atom. The van der Waals surface area contributed by atoms with Gasteiger partial charge in [0, 0.05) is 31.7 Å². The summed E-state index contributed by atoms with van der Waals surface area (Å²) in [6.07, 6.45) is 2.27. The highest BCUT2D eigenvalue weighted by molar-refractivity contribution is 5.74. The molecule has 1 heterocycles. The molecule has 0 aliphatic rings. The first-order valence-corrected chi connectivity index (χ1v) is 8.56. The van der Waals surface area contributed by atoms with E-state index in [1.807, 2.05) is 37.3 Å². The van der Waals surface area contributed by atoms with Gasteiger partial charge < -0.3 is 18.9 Å². The highest BCUT2D eigenvalue weighted by atomic mass is 16.6. The molecule has 0 bridgehead atoms. The third-order valence-corrected chi connectivity index (χ3v) is 3.85. The molecule has 0 N–H and O–H groups in total. The van der Waals surface area contributed by atoms with Gasteiger partial charge in [0.1, 0.15) is 5.75 Å². The predicted octanol–water partition coefficient (Wildman–Crippen LogP) is 2.83. The van der Waals surface area contributed by atoms with Crippen molar-refractivity contribution >= 4 is 5.97 Å². The lowest BCUT2D eigenvalue weighted by Gasteiger charge is -2.14. The van der Waals surface area contributed by atoms with Gasteiger partial charge in [-0.15, -0.1) is 0 Å². The number of nitrogens with zero attached hydrogens (tertiary/aromatic N) is 1. The molecule has 0 radical (unpaired) electrons. The molecule has 0 aliphatic carbocycles. The topological polar surface area (TPSA) is 66.9 Å². The summed E-state index contributed by atoms with van der Waals surface area (Å²) in [6.45, 7) is 2.82. The van der Waals surface area contributed by atoms with Crippen molar-refractivity contribution in [3.8, 4) is 11.6 Å². The van der Waals surface area contributed by atoms with Crippen LogP contribution in [0.2, 0.25) is 0 Å². The summed E-state index contributed by atoms with van der Waals surface area (Å²) in [5.41, 5.74) is 2.05. The van der Waals surface area contributed by atoms with Gasteiger partial charge in [-0.2, -0.15) is 0 Å². The van der Waals surface area contributed by atoms with Crippen molar-refractivity contribution in [2.45, 2.75) is 25.9 Å². The first-order chi connectivity index (χ1) is 12.7. The number of aromatic nitrogens is 1. The minimum Gasteiger partial charge on any atom is -0.497 e. The van der Waals surface area contributed by atoms with Gasteiger partial charge in [-0.05, 0) is 30.2 Å². The molecule has 6 nitrogen and oxygen atoms in total. The number of hydrogen-bond donors (Lipinski definition) is 0. The molecule has 2 aromatic rings. The molecule has 1 aromatic carbocycles. The molecule has 140 valence electrons. The summed E-state index contributed by atoms with van der Waals surface area (Å²) in [5.74, 6) is 1.00. The number of rotatable bonds is 10. The van der Waals surface area contributed by atoms with Gasteiger partial charge in [0.25, 0.3) is 0 Å². The van der Waals surface area contributed by atoms with Gasteiger partial charge in [0.05, 0.1) is 20.8 Å². The van der Waals surface area contributed by atoms with Crippen molar-refractivity contribution in [2.24, 2.45) is 0 Å². The highest BCUT2D eigenvalue weighted by Crippen LogP contribution is 2.14. The van der Waals surface area contributed by atoms with Crippen molar-refractivity contribution in [1.29, 1.82) is 0 Å². The van der Waals surface area contributed by atoms with Gasteiger partial charge in [-0.1, -0.05) is 18.2 Å². The van der Waals surface area contributed by atoms with Gasteiger partial charge in [0.15, 0.2) is 6.10 Å². The molecule has 0 fully saturated rings. The largest absolute Gasteiger partial charge is 0.497 e. The number of ether oxygens (including phenoxy) is 4. The SMILES string of the molecule is CCOC(Cc1ccc(OCCc2ccc(OC)cc2)nc1)C(=O)OC. The smallest absolute Gasteiger partial charge is 0.335 e. The molecule has 0 saturated heterocycles. The molecule has 0 amide bonds. The molecule has 0 aliphatic heterocycles. The minimum atomic E-state index is -0.617. The van der Waals surface area contributed by atoms with E-state index < -0.39 is 6.10 Å². The lowest BCUT2D eigenvalue weighted by molar-refractivity contribution is -0.153. The summed E-state index contributed by atoms with van der Waals surface area (Å²) in [4.78, 5) is 16.0. The molecule has 6 heteroatoms. The zero-order valence-corrected chi connectivity index (χ0v) is 15.4.